The van der Waals surface area contributed by atoms with Gasteiger partial charge in [0.2, 0.25) is 0 Å². The van der Waals surface area contributed by atoms with Crippen LogP contribution in [0, 0.1) is 6.92 Å². The topological polar surface area (TPSA) is 9.86 Å². The summed E-state index contributed by atoms with van der Waals surface area (Å²) in [5.74, 6) is 0. The van der Waals surface area contributed by atoms with Crippen LogP contribution in [0.2, 0.25) is 0 Å². The van der Waals surface area contributed by atoms with Gasteiger partial charge in [0.15, 0.2) is 0 Å². The summed E-state index contributed by atoms with van der Waals surface area (Å²) in [4.78, 5) is 0. The molecule has 0 amide bonds. The molecule has 0 atom stereocenters. The first-order valence-corrected chi connectivity index (χ1v) is 10.1. The van der Waals surface area contributed by atoms with Gasteiger partial charge in [0.25, 0.3) is 0 Å². The van der Waals surface area contributed by atoms with Gasteiger partial charge >= 0.3 is 0 Å². The predicted octanol–water partition coefficient (Wildman–Crippen LogP) is 6.95. The highest BCUT2D eigenvalue weighted by Crippen LogP contribution is 2.35. The molecule has 6 rings (SSSR count). The Morgan fingerprint density at radius 2 is 0.966 bits per heavy atom. The van der Waals surface area contributed by atoms with E-state index in [1.165, 1.54) is 60.3 Å². The molecule has 0 saturated heterocycles. The number of hydrogen-bond acceptors (Lipinski definition) is 0. The number of rotatable bonds is 1. The molecular weight excluding hydrogens is 352 g/mol. The predicted molar refractivity (Wildman–Crippen MR) is 125 cm³/mol. The van der Waals surface area contributed by atoms with Crippen LogP contribution in [0.1, 0.15) is 5.56 Å². The van der Waals surface area contributed by atoms with Crippen molar-refractivity contribution in [3.63, 3.8) is 0 Å². The van der Waals surface area contributed by atoms with Gasteiger partial charge in [-0.3, -0.25) is 0 Å². The molecule has 140 valence electrons. The third-order valence-electron chi connectivity index (χ3n) is 6.41. The average Bonchev–Trinajstić information content (AvgIpc) is 3.20. The van der Waals surface area contributed by atoms with Gasteiger partial charge in [0.05, 0.1) is 0 Å². The fraction of sp³-hybridized carbons (Fsp3) is 0.111. The molecule has 4 aromatic carbocycles. The molecule has 0 spiro atoms. The number of fused-ring (bicyclic) bond motifs is 6. The normalized spacial score (nSPS) is 12.0. The summed E-state index contributed by atoms with van der Waals surface area (Å²) >= 11 is 0. The zero-order valence-corrected chi connectivity index (χ0v) is 16.9. The standard InChI is InChI=1S/C27H22N2/c1-17-8-11-25-21(14-17)23-16-19(10-13-27(23)29(25)3)18-9-12-26-22(15-18)20-6-4-5-7-24(20)28(26)2/h4-16H,1-3H3. The molecule has 6 aromatic rings. The van der Waals surface area contributed by atoms with Crippen LogP contribution >= 0.6 is 0 Å². The lowest BCUT2D eigenvalue weighted by atomic mass is 10.0. The smallest absolute Gasteiger partial charge is 0.0489 e. The Balaban J connectivity index is 1.63. The van der Waals surface area contributed by atoms with Gasteiger partial charge < -0.3 is 9.13 Å². The molecular formula is C27H22N2. The van der Waals surface area contributed by atoms with Crippen LogP contribution in [-0.4, -0.2) is 9.13 Å². The van der Waals surface area contributed by atoms with Gasteiger partial charge in [0, 0.05) is 57.7 Å². The number of nitrogens with zero attached hydrogens (tertiary/aromatic N) is 2. The van der Waals surface area contributed by atoms with Gasteiger partial charge in [-0.15, -0.1) is 0 Å². The van der Waals surface area contributed by atoms with E-state index in [2.05, 4.69) is 109 Å². The third-order valence-corrected chi connectivity index (χ3v) is 6.41. The molecule has 0 saturated carbocycles. The van der Waals surface area contributed by atoms with Crippen molar-refractivity contribution in [1.82, 2.24) is 9.13 Å². The van der Waals surface area contributed by atoms with Crippen molar-refractivity contribution in [2.24, 2.45) is 14.1 Å². The lowest BCUT2D eigenvalue weighted by Crippen LogP contribution is -1.87. The Morgan fingerprint density at radius 3 is 1.62 bits per heavy atom. The van der Waals surface area contributed by atoms with Crippen molar-refractivity contribution < 1.29 is 0 Å². The molecule has 2 nitrogen and oxygen atoms in total. The molecule has 0 radical (unpaired) electrons. The van der Waals surface area contributed by atoms with Crippen molar-refractivity contribution in [3.05, 3.63) is 84.4 Å². The quantitative estimate of drug-likeness (QED) is 0.295. The SMILES string of the molecule is Cc1ccc2c(c1)c1cc(-c3ccc4c(c3)c3ccccc3n4C)ccc1n2C. The molecule has 0 fully saturated rings. The van der Waals surface area contributed by atoms with Gasteiger partial charge in [-0.2, -0.15) is 0 Å². The van der Waals surface area contributed by atoms with E-state index in [0.29, 0.717) is 0 Å². The van der Waals surface area contributed by atoms with E-state index in [1.54, 1.807) is 0 Å². The Kier molecular flexibility index (Phi) is 3.25. The molecule has 2 heteroatoms. The molecule has 0 bridgehead atoms. The Bertz CT molecular complexity index is 1580. The maximum atomic E-state index is 2.35. The lowest BCUT2D eigenvalue weighted by Gasteiger charge is -2.05. The lowest BCUT2D eigenvalue weighted by molar-refractivity contribution is 1.01. The van der Waals surface area contributed by atoms with Crippen LogP contribution in [0.25, 0.3) is 54.7 Å². The number of hydrogen-bond donors (Lipinski definition) is 0. The molecule has 0 aliphatic heterocycles. The highest BCUT2D eigenvalue weighted by molar-refractivity contribution is 6.11. The maximum absolute atomic E-state index is 2.35. The zero-order chi connectivity index (χ0) is 19.7. The Labute approximate surface area is 169 Å². The van der Waals surface area contributed by atoms with E-state index in [0.717, 1.165) is 0 Å². The van der Waals surface area contributed by atoms with Crippen LogP contribution in [0.5, 0.6) is 0 Å². The highest BCUT2D eigenvalue weighted by atomic mass is 14.9. The summed E-state index contributed by atoms with van der Waals surface area (Å²) in [6.45, 7) is 2.16. The van der Waals surface area contributed by atoms with Crippen LogP contribution in [-0.2, 0) is 14.1 Å². The summed E-state index contributed by atoms with van der Waals surface area (Å²) in [7, 11) is 4.30. The van der Waals surface area contributed by atoms with Crippen LogP contribution < -0.4 is 0 Å². The largest absolute Gasteiger partial charge is 0.344 e. The van der Waals surface area contributed by atoms with Gasteiger partial charge in [-0.1, -0.05) is 42.0 Å². The summed E-state index contributed by atoms with van der Waals surface area (Å²) in [6, 6.07) is 29.1. The van der Waals surface area contributed by atoms with E-state index >= 15 is 0 Å². The molecule has 29 heavy (non-hydrogen) atoms. The second-order valence-electron chi connectivity index (χ2n) is 8.12. The van der Waals surface area contributed by atoms with E-state index in [1.807, 2.05) is 0 Å². The molecule has 0 unspecified atom stereocenters. The van der Waals surface area contributed by atoms with Crippen molar-refractivity contribution in [1.29, 1.82) is 0 Å². The fourth-order valence-corrected chi connectivity index (χ4v) is 4.86. The molecule has 2 aromatic heterocycles. The molecule has 2 heterocycles. The second-order valence-corrected chi connectivity index (χ2v) is 8.12. The average molecular weight is 374 g/mol. The number of aromatic nitrogens is 2. The van der Waals surface area contributed by atoms with Crippen molar-refractivity contribution in [3.8, 4) is 11.1 Å². The number of aryl methyl sites for hydroxylation is 3. The number of para-hydroxylation sites is 1. The van der Waals surface area contributed by atoms with Crippen molar-refractivity contribution in [2.45, 2.75) is 6.92 Å². The summed E-state index contributed by atoms with van der Waals surface area (Å²) < 4.78 is 4.58. The van der Waals surface area contributed by atoms with Gasteiger partial charge in [0.1, 0.15) is 0 Å². The first-order valence-electron chi connectivity index (χ1n) is 10.1. The second kappa shape index (κ2) is 5.74. The van der Waals surface area contributed by atoms with E-state index in [9.17, 15) is 0 Å². The van der Waals surface area contributed by atoms with Crippen molar-refractivity contribution >= 4 is 43.6 Å². The summed E-state index contributed by atoms with van der Waals surface area (Å²) in [6.07, 6.45) is 0. The Morgan fingerprint density at radius 1 is 0.483 bits per heavy atom. The minimum Gasteiger partial charge on any atom is -0.344 e. The fourth-order valence-electron chi connectivity index (χ4n) is 4.86. The minimum atomic E-state index is 1.26. The highest BCUT2D eigenvalue weighted by Gasteiger charge is 2.12. The number of benzene rings is 4. The van der Waals surface area contributed by atoms with E-state index < -0.39 is 0 Å². The molecule has 0 aliphatic rings. The maximum Gasteiger partial charge on any atom is 0.0489 e. The minimum absolute atomic E-state index is 1.26. The van der Waals surface area contributed by atoms with E-state index in [-0.39, 0.29) is 0 Å². The summed E-state index contributed by atoms with van der Waals surface area (Å²) in [5, 5.41) is 5.28. The van der Waals surface area contributed by atoms with Crippen LogP contribution in [0.4, 0.5) is 0 Å². The first-order chi connectivity index (χ1) is 14.1. The Hall–Kier alpha value is -3.52. The van der Waals surface area contributed by atoms with Crippen LogP contribution in [0.15, 0.2) is 78.9 Å². The van der Waals surface area contributed by atoms with Gasteiger partial charge in [-0.05, 0) is 60.5 Å². The summed E-state index contributed by atoms with van der Waals surface area (Å²) in [5.41, 5.74) is 8.94. The van der Waals surface area contributed by atoms with Crippen LogP contribution in [0.3, 0.4) is 0 Å². The van der Waals surface area contributed by atoms with Crippen molar-refractivity contribution in [2.75, 3.05) is 0 Å². The van der Waals surface area contributed by atoms with E-state index in [4.69, 9.17) is 0 Å². The first kappa shape index (κ1) is 16.4. The monoisotopic (exact) mass is 374 g/mol. The zero-order valence-electron chi connectivity index (χ0n) is 16.9. The molecule has 0 N–H and O–H groups in total. The molecule has 0 aliphatic carbocycles. The van der Waals surface area contributed by atoms with Gasteiger partial charge in [-0.25, -0.2) is 0 Å². The third kappa shape index (κ3) is 2.23.